The molecule has 0 bridgehead atoms. The number of carbonyl (C=O) groups excluding carboxylic acids is 2. The van der Waals surface area contributed by atoms with Crippen LogP contribution in [0, 0.1) is 0 Å². The molecule has 0 aliphatic carbocycles. The average Bonchev–Trinajstić information content (AvgIpc) is 3.53. The minimum absolute atomic E-state index is 0.0267. The Bertz CT molecular complexity index is 1220. The van der Waals surface area contributed by atoms with Gasteiger partial charge in [-0.05, 0) is 48.9 Å². The van der Waals surface area contributed by atoms with E-state index in [0.717, 1.165) is 10.6 Å². The molecule has 0 unspecified atom stereocenters. The highest BCUT2D eigenvalue weighted by Gasteiger charge is 2.38. The average molecular weight is 560 g/mol. The van der Waals surface area contributed by atoms with E-state index in [-0.39, 0.29) is 38.7 Å². The second kappa shape index (κ2) is 12.4. The highest BCUT2D eigenvalue weighted by molar-refractivity contribution is 5.97. The first kappa shape index (κ1) is 29.8. The fourth-order valence-electron chi connectivity index (χ4n) is 3.86. The van der Waals surface area contributed by atoms with Gasteiger partial charge >= 0.3 is 12.4 Å². The van der Waals surface area contributed by atoms with Gasteiger partial charge in [-0.3, -0.25) is 9.59 Å². The number of nitrogens with zero attached hydrogens (tertiary/aromatic N) is 3. The number of furan rings is 1. The number of ether oxygens (including phenoxy) is 1. The number of halogens is 6. The highest BCUT2D eigenvalue weighted by Crippen LogP contribution is 2.36. The number of carbonyl (C=O) groups is 2. The van der Waals surface area contributed by atoms with Gasteiger partial charge in [-0.15, -0.1) is 0 Å². The standard InChI is InChI=1S/C26H27F6N3O4/c1-33-8-3-6-21(33)15-35(16-22-7-4-11-39-22)23(36)17-34(9-5-10-38-2)24(37)18-12-19(25(27,28)29)14-20(13-18)26(30,31)32/h3-4,6-8,11-14H,5,9-10,15-17H2,1-2H3. The van der Waals surface area contributed by atoms with Gasteiger partial charge in [-0.25, -0.2) is 0 Å². The Morgan fingerprint density at radius 1 is 0.949 bits per heavy atom. The SMILES string of the molecule is COCCCN(CC(=O)N(Cc1ccco1)Cc1cccn1C)C(=O)c1cc(C(F)(F)F)cc(C(F)(F)F)c1. The zero-order valence-electron chi connectivity index (χ0n) is 21.2. The summed E-state index contributed by atoms with van der Waals surface area (Å²) < 4.78 is 92.4. The van der Waals surface area contributed by atoms with Crippen LogP contribution in [0.4, 0.5) is 26.3 Å². The summed E-state index contributed by atoms with van der Waals surface area (Å²) in [6.45, 7) is -0.447. The summed E-state index contributed by atoms with van der Waals surface area (Å²) in [5.74, 6) is -1.28. The van der Waals surface area contributed by atoms with Crippen LogP contribution in [0.3, 0.4) is 0 Å². The van der Waals surface area contributed by atoms with Crippen molar-refractivity contribution in [3.63, 3.8) is 0 Å². The number of aromatic nitrogens is 1. The predicted octanol–water partition coefficient (Wildman–Crippen LogP) is 5.36. The van der Waals surface area contributed by atoms with Gasteiger partial charge < -0.3 is 23.5 Å². The van der Waals surface area contributed by atoms with Crippen molar-refractivity contribution in [3.8, 4) is 0 Å². The molecule has 2 aromatic heterocycles. The molecule has 0 saturated heterocycles. The minimum atomic E-state index is -5.12. The Morgan fingerprint density at radius 2 is 1.62 bits per heavy atom. The molecule has 0 radical (unpaired) electrons. The lowest BCUT2D eigenvalue weighted by Gasteiger charge is -2.28. The normalized spacial score (nSPS) is 12.0. The van der Waals surface area contributed by atoms with E-state index in [1.165, 1.54) is 18.3 Å². The maximum absolute atomic E-state index is 13.4. The summed E-state index contributed by atoms with van der Waals surface area (Å²) in [6, 6.07) is 7.50. The molecule has 2 amide bonds. The molecular formula is C26H27F6N3O4. The van der Waals surface area contributed by atoms with Crippen LogP contribution in [0.2, 0.25) is 0 Å². The summed E-state index contributed by atoms with van der Waals surface area (Å²) >= 11 is 0. The van der Waals surface area contributed by atoms with Crippen molar-refractivity contribution >= 4 is 11.8 Å². The van der Waals surface area contributed by atoms with Gasteiger partial charge in [0.05, 0.1) is 30.5 Å². The topological polar surface area (TPSA) is 67.9 Å². The Balaban J connectivity index is 1.93. The van der Waals surface area contributed by atoms with Crippen LogP contribution in [-0.2, 0) is 42.0 Å². The first-order valence-electron chi connectivity index (χ1n) is 11.8. The van der Waals surface area contributed by atoms with Crippen molar-refractivity contribution in [2.75, 3.05) is 26.8 Å². The molecule has 0 aliphatic heterocycles. The summed E-state index contributed by atoms with van der Waals surface area (Å²) in [5.41, 5.74) is -3.32. The van der Waals surface area contributed by atoms with E-state index >= 15 is 0 Å². The fourth-order valence-corrected chi connectivity index (χ4v) is 3.86. The Morgan fingerprint density at radius 3 is 2.13 bits per heavy atom. The number of aryl methyl sites for hydroxylation is 1. The fraction of sp³-hybridized carbons (Fsp3) is 0.385. The number of hydrogen-bond donors (Lipinski definition) is 0. The maximum atomic E-state index is 13.4. The molecule has 212 valence electrons. The van der Waals surface area contributed by atoms with E-state index in [1.54, 1.807) is 42.1 Å². The molecule has 0 aliphatic rings. The molecule has 1 aromatic carbocycles. The number of amides is 2. The molecule has 39 heavy (non-hydrogen) atoms. The molecule has 2 heterocycles. The van der Waals surface area contributed by atoms with E-state index in [2.05, 4.69) is 0 Å². The third kappa shape index (κ3) is 8.12. The Kier molecular flexibility index (Phi) is 9.49. The second-order valence-corrected chi connectivity index (χ2v) is 8.81. The molecule has 0 N–H and O–H groups in total. The van der Waals surface area contributed by atoms with E-state index in [1.807, 2.05) is 0 Å². The van der Waals surface area contributed by atoms with Crippen LogP contribution >= 0.6 is 0 Å². The van der Waals surface area contributed by atoms with Gasteiger partial charge in [0.1, 0.15) is 12.3 Å². The molecule has 0 fully saturated rings. The molecule has 3 aromatic rings. The molecule has 0 spiro atoms. The lowest BCUT2D eigenvalue weighted by molar-refractivity contribution is -0.143. The number of benzene rings is 1. The quantitative estimate of drug-likeness (QED) is 0.234. The highest BCUT2D eigenvalue weighted by atomic mass is 19.4. The van der Waals surface area contributed by atoms with Crippen molar-refractivity contribution in [2.24, 2.45) is 7.05 Å². The van der Waals surface area contributed by atoms with Crippen LogP contribution in [0.5, 0.6) is 0 Å². The van der Waals surface area contributed by atoms with E-state index in [0.29, 0.717) is 17.9 Å². The van der Waals surface area contributed by atoms with Gasteiger partial charge in [0, 0.05) is 44.8 Å². The first-order valence-corrected chi connectivity index (χ1v) is 11.8. The summed E-state index contributed by atoms with van der Waals surface area (Å²) in [6.07, 6.45) is -6.86. The molecule has 3 rings (SSSR count). The largest absolute Gasteiger partial charge is 0.467 e. The van der Waals surface area contributed by atoms with Crippen molar-refractivity contribution in [1.29, 1.82) is 0 Å². The summed E-state index contributed by atoms with van der Waals surface area (Å²) in [4.78, 5) is 29.0. The van der Waals surface area contributed by atoms with Crippen molar-refractivity contribution in [1.82, 2.24) is 14.4 Å². The molecular weight excluding hydrogens is 532 g/mol. The van der Waals surface area contributed by atoms with E-state index in [9.17, 15) is 35.9 Å². The maximum Gasteiger partial charge on any atom is 0.416 e. The molecule has 7 nitrogen and oxygen atoms in total. The summed E-state index contributed by atoms with van der Waals surface area (Å²) in [7, 11) is 3.17. The molecule has 13 heteroatoms. The van der Waals surface area contributed by atoms with Crippen molar-refractivity contribution < 1.29 is 45.1 Å². The van der Waals surface area contributed by atoms with Gasteiger partial charge in [0.2, 0.25) is 5.91 Å². The van der Waals surface area contributed by atoms with Crippen LogP contribution < -0.4 is 0 Å². The zero-order chi connectivity index (χ0) is 28.8. The van der Waals surface area contributed by atoms with Gasteiger partial charge in [-0.2, -0.15) is 26.3 Å². The van der Waals surface area contributed by atoms with Gasteiger partial charge in [-0.1, -0.05) is 0 Å². The predicted molar refractivity (Wildman–Crippen MR) is 127 cm³/mol. The number of methoxy groups -OCH3 is 1. The first-order chi connectivity index (χ1) is 18.3. The molecule has 0 saturated carbocycles. The number of hydrogen-bond acceptors (Lipinski definition) is 4. The Labute approximate surface area is 220 Å². The smallest absolute Gasteiger partial charge is 0.416 e. The Hall–Kier alpha value is -3.74. The van der Waals surface area contributed by atoms with Crippen LogP contribution in [0.25, 0.3) is 0 Å². The van der Waals surface area contributed by atoms with Crippen LogP contribution in [-0.4, -0.2) is 53.0 Å². The van der Waals surface area contributed by atoms with Crippen LogP contribution in [0.1, 0.15) is 39.4 Å². The monoisotopic (exact) mass is 559 g/mol. The third-order valence-corrected chi connectivity index (χ3v) is 5.91. The minimum Gasteiger partial charge on any atom is -0.467 e. The van der Waals surface area contributed by atoms with Crippen molar-refractivity contribution in [3.05, 3.63) is 83.1 Å². The lowest BCUT2D eigenvalue weighted by atomic mass is 10.0. The summed E-state index contributed by atoms with van der Waals surface area (Å²) in [5, 5.41) is 0. The number of rotatable bonds is 11. The van der Waals surface area contributed by atoms with Crippen LogP contribution in [0.15, 0.2) is 59.3 Å². The third-order valence-electron chi connectivity index (χ3n) is 5.91. The van der Waals surface area contributed by atoms with Gasteiger partial charge in [0.25, 0.3) is 5.91 Å². The zero-order valence-corrected chi connectivity index (χ0v) is 21.2. The van der Waals surface area contributed by atoms with Crippen molar-refractivity contribution in [2.45, 2.75) is 31.9 Å². The number of alkyl halides is 6. The van der Waals surface area contributed by atoms with E-state index < -0.39 is 47.4 Å². The lowest BCUT2D eigenvalue weighted by Crippen LogP contribution is -2.43. The molecule has 0 atom stereocenters. The van der Waals surface area contributed by atoms with Gasteiger partial charge in [0.15, 0.2) is 0 Å². The van der Waals surface area contributed by atoms with E-state index in [4.69, 9.17) is 9.15 Å². The second-order valence-electron chi connectivity index (χ2n) is 8.81.